The molecule has 0 aliphatic carbocycles. The Balaban J connectivity index is 2.84. The summed E-state index contributed by atoms with van der Waals surface area (Å²) in [7, 11) is 4.11. The smallest absolute Gasteiger partial charge is 0.101 e. The van der Waals surface area contributed by atoms with E-state index in [-0.39, 0.29) is 0 Å². The Hall–Kier alpha value is -1.73. The number of likely N-dealkylation sites (N-methyl/N-ethyl adjacent to an activating group) is 1. The van der Waals surface area contributed by atoms with Gasteiger partial charge in [-0.15, -0.1) is 0 Å². The molecular formula is C14H22N4. The molecule has 1 unspecified atom stereocenters. The Morgan fingerprint density at radius 1 is 1.39 bits per heavy atom. The molecule has 0 amide bonds. The van der Waals surface area contributed by atoms with Crippen LogP contribution in [0.5, 0.6) is 0 Å². The lowest BCUT2D eigenvalue weighted by Crippen LogP contribution is -2.36. The molecule has 98 valence electrons. The number of nitrogen functional groups attached to an aromatic ring is 1. The van der Waals surface area contributed by atoms with Gasteiger partial charge < -0.3 is 16.0 Å². The molecule has 0 heterocycles. The van der Waals surface area contributed by atoms with Crippen molar-refractivity contribution in [2.45, 2.75) is 19.9 Å². The van der Waals surface area contributed by atoms with Crippen molar-refractivity contribution < 1.29 is 0 Å². The molecule has 3 N–H and O–H groups in total. The second-order valence-corrected chi connectivity index (χ2v) is 5.17. The van der Waals surface area contributed by atoms with Crippen molar-refractivity contribution in [3.63, 3.8) is 0 Å². The molecule has 0 bridgehead atoms. The molecule has 18 heavy (non-hydrogen) atoms. The van der Waals surface area contributed by atoms with E-state index in [0.717, 1.165) is 12.2 Å². The Morgan fingerprint density at radius 2 is 2.06 bits per heavy atom. The van der Waals surface area contributed by atoms with Gasteiger partial charge >= 0.3 is 0 Å². The van der Waals surface area contributed by atoms with Crippen molar-refractivity contribution in [2.75, 3.05) is 31.7 Å². The molecular weight excluding hydrogens is 224 g/mol. The van der Waals surface area contributed by atoms with Crippen molar-refractivity contribution in [3.8, 4) is 6.07 Å². The van der Waals surface area contributed by atoms with E-state index < -0.39 is 0 Å². The monoisotopic (exact) mass is 246 g/mol. The number of hydrogen-bond donors (Lipinski definition) is 2. The van der Waals surface area contributed by atoms with Crippen molar-refractivity contribution in [1.82, 2.24) is 4.90 Å². The average molecular weight is 246 g/mol. The fourth-order valence-electron chi connectivity index (χ4n) is 1.77. The summed E-state index contributed by atoms with van der Waals surface area (Å²) in [5.74, 6) is 0.510. The number of nitrogens with zero attached hydrogens (tertiary/aromatic N) is 2. The van der Waals surface area contributed by atoms with E-state index in [1.165, 1.54) is 0 Å². The zero-order valence-electron chi connectivity index (χ0n) is 11.6. The molecule has 0 aliphatic rings. The first-order valence-corrected chi connectivity index (χ1v) is 6.15. The average Bonchev–Trinajstić information content (AvgIpc) is 2.29. The number of anilines is 2. The predicted octanol–water partition coefficient (Wildman–Crippen LogP) is 2.14. The minimum absolute atomic E-state index is 0.343. The van der Waals surface area contributed by atoms with Crippen LogP contribution >= 0.6 is 0 Å². The summed E-state index contributed by atoms with van der Waals surface area (Å²) >= 11 is 0. The van der Waals surface area contributed by atoms with Crippen LogP contribution in [0.3, 0.4) is 0 Å². The number of nitrogens with two attached hydrogens (primary N) is 1. The largest absolute Gasteiger partial charge is 0.398 e. The first-order chi connectivity index (χ1) is 8.43. The van der Waals surface area contributed by atoms with E-state index in [1.54, 1.807) is 12.1 Å². The maximum absolute atomic E-state index is 8.97. The third-order valence-electron chi connectivity index (χ3n) is 2.89. The summed E-state index contributed by atoms with van der Waals surface area (Å²) in [5.41, 5.74) is 7.70. The maximum atomic E-state index is 8.97. The van der Waals surface area contributed by atoms with E-state index in [1.807, 2.05) is 6.07 Å². The highest BCUT2D eigenvalue weighted by molar-refractivity contribution is 5.62. The molecule has 1 aromatic rings. The van der Waals surface area contributed by atoms with Crippen LogP contribution in [0.1, 0.15) is 19.4 Å². The molecule has 1 rings (SSSR count). The van der Waals surface area contributed by atoms with Gasteiger partial charge in [0.15, 0.2) is 0 Å². The summed E-state index contributed by atoms with van der Waals surface area (Å²) in [4.78, 5) is 2.15. The quantitative estimate of drug-likeness (QED) is 0.781. The highest BCUT2D eigenvalue weighted by Crippen LogP contribution is 2.19. The van der Waals surface area contributed by atoms with Gasteiger partial charge in [-0.05, 0) is 38.2 Å². The Bertz CT molecular complexity index is 432. The summed E-state index contributed by atoms with van der Waals surface area (Å²) in [5, 5.41) is 12.4. The maximum Gasteiger partial charge on any atom is 0.101 e. The van der Waals surface area contributed by atoms with Crippen LogP contribution in [-0.2, 0) is 0 Å². The molecule has 0 aromatic heterocycles. The van der Waals surface area contributed by atoms with Crippen molar-refractivity contribution in [2.24, 2.45) is 5.92 Å². The van der Waals surface area contributed by atoms with Crippen LogP contribution in [0.25, 0.3) is 0 Å². The molecule has 0 spiro atoms. The molecule has 1 atom stereocenters. The molecule has 0 fully saturated rings. The van der Waals surface area contributed by atoms with Gasteiger partial charge in [-0.2, -0.15) is 5.26 Å². The van der Waals surface area contributed by atoms with Crippen LogP contribution in [0, 0.1) is 17.2 Å². The van der Waals surface area contributed by atoms with Crippen LogP contribution in [0.4, 0.5) is 11.4 Å². The van der Waals surface area contributed by atoms with Gasteiger partial charge in [0.1, 0.15) is 6.07 Å². The van der Waals surface area contributed by atoms with Gasteiger partial charge in [-0.1, -0.05) is 13.8 Å². The van der Waals surface area contributed by atoms with Gasteiger partial charge in [-0.25, -0.2) is 0 Å². The molecule has 0 saturated carbocycles. The molecule has 0 radical (unpaired) electrons. The Kier molecular flexibility index (Phi) is 4.99. The molecule has 4 heteroatoms. The topological polar surface area (TPSA) is 65.1 Å². The minimum Gasteiger partial charge on any atom is -0.398 e. The van der Waals surface area contributed by atoms with Gasteiger partial charge in [0.2, 0.25) is 0 Å². The summed E-state index contributed by atoms with van der Waals surface area (Å²) in [6.07, 6.45) is 0. The lowest BCUT2D eigenvalue weighted by Gasteiger charge is -2.26. The lowest BCUT2D eigenvalue weighted by atomic mass is 10.0. The van der Waals surface area contributed by atoms with Crippen LogP contribution in [0.2, 0.25) is 0 Å². The van der Waals surface area contributed by atoms with Gasteiger partial charge in [-0.3, -0.25) is 0 Å². The summed E-state index contributed by atoms with van der Waals surface area (Å²) in [6, 6.07) is 7.94. The number of benzene rings is 1. The SMILES string of the molecule is CC(C)C(CN(C)C)Nc1ccc(N)c(C#N)c1. The van der Waals surface area contributed by atoms with E-state index in [9.17, 15) is 0 Å². The third kappa shape index (κ3) is 3.94. The van der Waals surface area contributed by atoms with Crippen LogP contribution < -0.4 is 11.1 Å². The van der Waals surface area contributed by atoms with E-state index in [4.69, 9.17) is 11.0 Å². The summed E-state index contributed by atoms with van der Waals surface area (Å²) < 4.78 is 0. The minimum atomic E-state index is 0.343. The van der Waals surface area contributed by atoms with Crippen LogP contribution in [0.15, 0.2) is 18.2 Å². The molecule has 4 nitrogen and oxygen atoms in total. The second-order valence-electron chi connectivity index (χ2n) is 5.17. The second kappa shape index (κ2) is 6.27. The zero-order chi connectivity index (χ0) is 13.7. The summed E-state index contributed by atoms with van der Waals surface area (Å²) in [6.45, 7) is 5.32. The van der Waals surface area contributed by atoms with Crippen molar-refractivity contribution in [1.29, 1.82) is 5.26 Å². The fraction of sp³-hybridized carbons (Fsp3) is 0.500. The lowest BCUT2D eigenvalue weighted by molar-refractivity contribution is 0.344. The number of rotatable bonds is 5. The van der Waals surface area contributed by atoms with E-state index in [0.29, 0.717) is 23.2 Å². The fourth-order valence-corrected chi connectivity index (χ4v) is 1.77. The van der Waals surface area contributed by atoms with Crippen molar-refractivity contribution >= 4 is 11.4 Å². The molecule has 0 saturated heterocycles. The molecule has 0 aliphatic heterocycles. The van der Waals surface area contributed by atoms with Crippen molar-refractivity contribution in [3.05, 3.63) is 23.8 Å². The highest BCUT2D eigenvalue weighted by Gasteiger charge is 2.14. The van der Waals surface area contributed by atoms with Crippen LogP contribution in [-0.4, -0.2) is 31.6 Å². The number of nitrogens with one attached hydrogen (secondary N) is 1. The number of hydrogen-bond acceptors (Lipinski definition) is 4. The Morgan fingerprint density at radius 3 is 2.56 bits per heavy atom. The standard InChI is InChI=1S/C14H22N4/c1-10(2)14(9-18(3)4)17-12-5-6-13(16)11(7-12)8-15/h5-7,10,14,17H,9,16H2,1-4H3. The van der Waals surface area contributed by atoms with Gasteiger partial charge in [0, 0.05) is 24.0 Å². The van der Waals surface area contributed by atoms with E-state index in [2.05, 4.69) is 44.2 Å². The highest BCUT2D eigenvalue weighted by atomic mass is 15.1. The van der Waals surface area contributed by atoms with Gasteiger partial charge in [0.25, 0.3) is 0 Å². The normalized spacial score (nSPS) is 12.5. The van der Waals surface area contributed by atoms with E-state index >= 15 is 0 Å². The number of nitriles is 1. The van der Waals surface area contributed by atoms with Gasteiger partial charge in [0.05, 0.1) is 5.56 Å². The first-order valence-electron chi connectivity index (χ1n) is 6.15. The first kappa shape index (κ1) is 14.3. The Labute approximate surface area is 109 Å². The predicted molar refractivity (Wildman–Crippen MR) is 76.4 cm³/mol. The zero-order valence-corrected chi connectivity index (χ0v) is 11.6. The molecule has 1 aromatic carbocycles. The third-order valence-corrected chi connectivity index (χ3v) is 2.89.